The van der Waals surface area contributed by atoms with Crippen LogP contribution in [0.4, 0.5) is 0 Å². The first-order valence-electron chi connectivity index (χ1n) is 26.1. The van der Waals surface area contributed by atoms with Crippen LogP contribution in [0.2, 0.25) is 0 Å². The van der Waals surface area contributed by atoms with Crippen LogP contribution in [0.1, 0.15) is 113 Å². The quantitative estimate of drug-likeness (QED) is 0.105. The van der Waals surface area contributed by atoms with E-state index in [9.17, 15) is 61.0 Å². The Hall–Kier alpha value is -1.51. The van der Waals surface area contributed by atoms with Crippen LogP contribution >= 0.6 is 0 Å². The molecule has 0 radical (unpaired) electrons. The summed E-state index contributed by atoms with van der Waals surface area (Å²) in [7, 11) is 0. The predicted octanol–water partition coefficient (Wildman–Crippen LogP) is 0.446. The number of hydrogen-bond acceptors (Lipinski definition) is 19. The van der Waals surface area contributed by atoms with Crippen molar-refractivity contribution in [1.82, 2.24) is 0 Å². The van der Waals surface area contributed by atoms with Crippen LogP contribution in [0.25, 0.3) is 0 Å². The van der Waals surface area contributed by atoms with E-state index in [1.807, 2.05) is 0 Å². The Kier molecular flexibility index (Phi) is 15.1. The zero-order chi connectivity index (χ0) is 51.5. The third-order valence-corrected chi connectivity index (χ3v) is 19.9. The van der Waals surface area contributed by atoms with E-state index in [1.165, 1.54) is 12.5 Å². The van der Waals surface area contributed by atoms with Crippen LogP contribution < -0.4 is 0 Å². The van der Waals surface area contributed by atoms with Gasteiger partial charge in [0.05, 0.1) is 37.4 Å². The summed E-state index contributed by atoms with van der Waals surface area (Å²) in [6, 6.07) is 0. The van der Waals surface area contributed by atoms with Crippen molar-refractivity contribution in [1.29, 1.82) is 0 Å². The Morgan fingerprint density at radius 3 is 2.01 bits per heavy atom. The number of allylic oxidation sites excluding steroid dienone is 2. The van der Waals surface area contributed by atoms with Crippen molar-refractivity contribution in [2.45, 2.75) is 229 Å². The molecule has 5 aliphatic carbocycles. The Balaban J connectivity index is 0.864. The van der Waals surface area contributed by atoms with E-state index in [2.05, 4.69) is 47.6 Å². The molecule has 0 bridgehead atoms. The first kappa shape index (κ1) is 54.3. The minimum atomic E-state index is -1.86. The fourth-order valence-corrected chi connectivity index (χ4v) is 15.5. The second-order valence-electron chi connectivity index (χ2n) is 24.7. The molecule has 4 heterocycles. The fraction of sp³-hybridized carbons (Fsp3) is 0.941. The Morgan fingerprint density at radius 1 is 0.648 bits per heavy atom. The molecule has 0 aromatic heterocycles. The first-order valence-corrected chi connectivity index (χ1v) is 26.1. The van der Waals surface area contributed by atoms with Gasteiger partial charge in [-0.2, -0.15) is 0 Å². The maximum atomic E-state index is 13.1. The number of carboxylic acid groups (broad SMARTS) is 1. The molecule has 20 nitrogen and oxygen atoms in total. The molecule has 9 rings (SSSR count). The maximum Gasteiger partial charge on any atom is 0.310 e. The molecule has 0 amide bonds. The van der Waals surface area contributed by atoms with Crippen LogP contribution in [0.3, 0.4) is 0 Å². The monoisotopic (exact) mass is 1010 g/mol. The molecular weight excluding hydrogens is 933 g/mol. The largest absolute Gasteiger partial charge is 0.481 e. The van der Waals surface area contributed by atoms with Crippen molar-refractivity contribution in [2.24, 2.45) is 50.7 Å². The summed E-state index contributed by atoms with van der Waals surface area (Å²) in [5, 5.41) is 118. The molecule has 9 aliphatic rings. The summed E-state index contributed by atoms with van der Waals surface area (Å²) in [4.78, 5) is 13.1. The molecule has 4 unspecified atom stereocenters. The predicted molar refractivity (Wildman–Crippen MR) is 245 cm³/mol. The highest BCUT2D eigenvalue weighted by atomic mass is 16.8. The van der Waals surface area contributed by atoms with E-state index >= 15 is 0 Å². The van der Waals surface area contributed by atoms with Crippen molar-refractivity contribution in [3.63, 3.8) is 0 Å². The number of rotatable bonds is 10. The smallest absolute Gasteiger partial charge is 0.310 e. The molecule has 4 aliphatic heterocycles. The van der Waals surface area contributed by atoms with Gasteiger partial charge in [0.25, 0.3) is 0 Å². The van der Waals surface area contributed by atoms with Crippen molar-refractivity contribution in [3.05, 3.63) is 11.6 Å². The number of carbonyl (C=O) groups is 1. The lowest BCUT2D eigenvalue weighted by molar-refractivity contribution is -0.382. The molecule has 406 valence electrons. The van der Waals surface area contributed by atoms with Crippen molar-refractivity contribution in [2.75, 3.05) is 19.8 Å². The lowest BCUT2D eigenvalue weighted by Crippen LogP contribution is -2.65. The molecule has 0 aromatic rings. The van der Waals surface area contributed by atoms with Crippen molar-refractivity contribution in [3.8, 4) is 0 Å². The molecule has 8 fully saturated rings. The van der Waals surface area contributed by atoms with Crippen LogP contribution in [0.5, 0.6) is 0 Å². The SMILES string of the molecule is C[C@@H]1O[C@@H](O[C@@H]2[C@H](O[C@H]3CC[C@]4(C)C5CC=C6C7CC(C)(C)CC[C@]7(C(=O)O)CC[C@@]6(C)C5CCC4C3(C)C)OC[C@@H](O)[C@@H]2O)[C@H](O)[C@H](O[C@@H]2OC[C@@H](O[C@@H]3O[C@H](CO)[C@@H](O)[C@H](O)[C@H]3O)[C@H](O)[C@@H]2O)[C@H]1O. The van der Waals surface area contributed by atoms with E-state index in [0.717, 1.165) is 51.4 Å². The number of fused-ring (bicyclic) bond motifs is 7. The van der Waals surface area contributed by atoms with Crippen molar-refractivity contribution >= 4 is 5.97 Å². The lowest BCUT2D eigenvalue weighted by Gasteiger charge is -2.67. The van der Waals surface area contributed by atoms with E-state index < -0.39 is 135 Å². The van der Waals surface area contributed by atoms with Gasteiger partial charge in [-0.25, -0.2) is 0 Å². The van der Waals surface area contributed by atoms with E-state index in [1.54, 1.807) is 0 Å². The summed E-state index contributed by atoms with van der Waals surface area (Å²) in [5.74, 6) is 0.474. The van der Waals surface area contributed by atoms with E-state index in [0.29, 0.717) is 24.7 Å². The summed E-state index contributed by atoms with van der Waals surface area (Å²) in [6.07, 6.45) is -17.2. The number of carboxylic acids is 1. The second-order valence-corrected chi connectivity index (χ2v) is 24.7. The number of ether oxygens (including phenoxy) is 8. The van der Waals surface area contributed by atoms with Gasteiger partial charge in [-0.3, -0.25) is 4.79 Å². The molecule has 11 N–H and O–H groups in total. The fourth-order valence-electron chi connectivity index (χ4n) is 15.5. The highest BCUT2D eigenvalue weighted by Gasteiger charge is 2.66. The highest BCUT2D eigenvalue weighted by Crippen LogP contribution is 2.72. The molecular formula is C51H82O20. The minimum Gasteiger partial charge on any atom is -0.481 e. The molecule has 4 saturated carbocycles. The second kappa shape index (κ2) is 19.8. The van der Waals surface area contributed by atoms with E-state index in [-0.39, 0.29) is 46.2 Å². The first-order chi connectivity index (χ1) is 33.3. The van der Waals surface area contributed by atoms with Crippen LogP contribution in [-0.2, 0) is 42.7 Å². The standard InChI is InChI=1S/C51H82O20/c1-22-32(54)40(70-42-37(59)35(57)29(21-65-42)68-43-38(60)36(58)34(56)28(19-52)67-43)39(61)44(66-22)71-41-33(55)27(53)20-64-45(41)69-31-12-13-50(7)24-8-9-25-26-18-47(2,3)14-16-51(26,46(62)63)17-15-49(25,6)23(24)10-11-30(50)48(31,4)5/h9,22-24,26-45,52-61H,8,10-21H2,1-7H3,(H,62,63)/t22-,23?,24?,26?,27+,28+,29+,30?,31-,32-,33-,34+,35-,36-,37-,38+,39+,40+,41-,42-,43-,44-,45-,49-,50+,51-/m0/s1. The zero-order valence-electron chi connectivity index (χ0n) is 42.1. The summed E-state index contributed by atoms with van der Waals surface area (Å²) >= 11 is 0. The third-order valence-electron chi connectivity index (χ3n) is 19.9. The van der Waals surface area contributed by atoms with Gasteiger partial charge in [0.15, 0.2) is 25.2 Å². The normalized spacial score (nSPS) is 53.8. The minimum absolute atomic E-state index is 0.0422. The lowest BCUT2D eigenvalue weighted by atomic mass is 9.38. The Labute approximate surface area is 415 Å². The molecule has 0 aromatic carbocycles. The van der Waals surface area contributed by atoms with Gasteiger partial charge < -0.3 is 94.1 Å². The molecule has 26 atom stereocenters. The molecule has 71 heavy (non-hydrogen) atoms. The summed E-state index contributed by atoms with van der Waals surface area (Å²) in [6.45, 7) is 13.9. The summed E-state index contributed by atoms with van der Waals surface area (Å²) in [5.41, 5.74) is 0.277. The third kappa shape index (κ3) is 9.19. The maximum absolute atomic E-state index is 13.1. The van der Waals surface area contributed by atoms with Crippen LogP contribution in [0, 0.1) is 50.7 Å². The molecule has 20 heteroatoms. The van der Waals surface area contributed by atoms with Crippen molar-refractivity contribution < 1.29 is 98.9 Å². The van der Waals surface area contributed by atoms with E-state index in [4.69, 9.17) is 37.9 Å². The Bertz CT molecular complexity index is 1930. The van der Waals surface area contributed by atoms with Gasteiger partial charge in [0.2, 0.25) is 0 Å². The average molecular weight is 1020 g/mol. The molecule has 0 spiro atoms. The van der Waals surface area contributed by atoms with Gasteiger partial charge in [0, 0.05) is 0 Å². The van der Waals surface area contributed by atoms with Gasteiger partial charge in [0.1, 0.15) is 79.4 Å². The van der Waals surface area contributed by atoms with Gasteiger partial charge in [-0.05, 0) is 116 Å². The van der Waals surface area contributed by atoms with Crippen LogP contribution in [0.15, 0.2) is 11.6 Å². The molecule has 4 saturated heterocycles. The number of aliphatic carboxylic acids is 1. The highest BCUT2D eigenvalue weighted by molar-refractivity contribution is 5.76. The number of aliphatic hydroxyl groups excluding tert-OH is 10. The van der Waals surface area contributed by atoms with Gasteiger partial charge in [-0.1, -0.05) is 53.2 Å². The number of aliphatic hydroxyl groups is 10. The zero-order valence-corrected chi connectivity index (χ0v) is 42.1. The topological polar surface area (TPSA) is 313 Å². The number of hydrogen-bond donors (Lipinski definition) is 11. The Morgan fingerprint density at radius 2 is 1.31 bits per heavy atom. The van der Waals surface area contributed by atoms with Gasteiger partial charge >= 0.3 is 5.97 Å². The average Bonchev–Trinajstić information content (AvgIpc) is 3.31. The van der Waals surface area contributed by atoms with Crippen LogP contribution in [-0.4, -0.2) is 199 Å². The summed E-state index contributed by atoms with van der Waals surface area (Å²) < 4.78 is 47.7. The van der Waals surface area contributed by atoms with Gasteiger partial charge in [-0.15, -0.1) is 0 Å².